The molecule has 38 heavy (non-hydrogen) atoms. The van der Waals surface area contributed by atoms with Crippen molar-refractivity contribution in [3.63, 3.8) is 0 Å². The Morgan fingerprint density at radius 1 is 1.03 bits per heavy atom. The third-order valence-electron chi connectivity index (χ3n) is 7.76. The van der Waals surface area contributed by atoms with Gasteiger partial charge >= 0.3 is 6.18 Å². The molecule has 1 aromatic heterocycles. The second-order valence-corrected chi connectivity index (χ2v) is 9.91. The van der Waals surface area contributed by atoms with Gasteiger partial charge in [0.2, 0.25) is 0 Å². The number of benzene rings is 2. The number of likely N-dealkylation sites (N-methyl/N-ethyl adjacent to an activating group) is 1. The summed E-state index contributed by atoms with van der Waals surface area (Å²) >= 11 is 0. The number of ether oxygens (including phenoxy) is 3. The zero-order chi connectivity index (χ0) is 27.0. The molecule has 2 aliphatic heterocycles. The van der Waals surface area contributed by atoms with Crippen LogP contribution in [-0.4, -0.2) is 55.5 Å². The van der Waals surface area contributed by atoms with Gasteiger partial charge in [0.15, 0.2) is 5.60 Å². The van der Waals surface area contributed by atoms with Crippen molar-refractivity contribution in [1.82, 2.24) is 9.88 Å². The van der Waals surface area contributed by atoms with Crippen LogP contribution in [0.15, 0.2) is 67.0 Å². The van der Waals surface area contributed by atoms with Crippen molar-refractivity contribution in [3.05, 3.63) is 89.2 Å². The number of methoxy groups -OCH3 is 1. The summed E-state index contributed by atoms with van der Waals surface area (Å²) in [5.41, 5.74) is -1.64. The van der Waals surface area contributed by atoms with Gasteiger partial charge in [0.25, 0.3) is 0 Å². The summed E-state index contributed by atoms with van der Waals surface area (Å²) in [5, 5.41) is 12.1. The van der Waals surface area contributed by atoms with Gasteiger partial charge in [0.1, 0.15) is 17.1 Å². The predicted molar refractivity (Wildman–Crippen MR) is 135 cm³/mol. The van der Waals surface area contributed by atoms with Crippen molar-refractivity contribution in [2.45, 2.75) is 36.1 Å². The zero-order valence-corrected chi connectivity index (χ0v) is 21.4. The highest BCUT2D eigenvalue weighted by molar-refractivity contribution is 5.57. The molecule has 3 aromatic rings. The van der Waals surface area contributed by atoms with E-state index in [0.29, 0.717) is 35.5 Å². The molecule has 2 aromatic carbocycles. The standard InChI is InChI=1S/C24H20F3NO3.C5H11NO/c1-30-19-13-28-14-20-21(19)22(29)12-11-18(15-5-3-2-4-6-15)23(22,31-20)16-7-9-17(10-8-16)24(25,26)27;1-6-2-4-7-5-3-6/h2-10,13-14,18,29H,11-12H2,1H3;2-5H2,1H3. The summed E-state index contributed by atoms with van der Waals surface area (Å²) in [6.45, 7) is 4.02. The molecular weight excluding hydrogens is 497 g/mol. The van der Waals surface area contributed by atoms with Crippen LogP contribution in [0.2, 0.25) is 0 Å². The van der Waals surface area contributed by atoms with Gasteiger partial charge in [-0.05, 0) is 43.1 Å². The molecule has 0 amide bonds. The van der Waals surface area contributed by atoms with Crippen LogP contribution in [0.4, 0.5) is 13.2 Å². The Hall–Kier alpha value is -3.14. The Labute approximate surface area is 220 Å². The van der Waals surface area contributed by atoms with Gasteiger partial charge in [-0.1, -0.05) is 42.5 Å². The Morgan fingerprint density at radius 2 is 1.71 bits per heavy atom. The van der Waals surface area contributed by atoms with Crippen LogP contribution in [0.5, 0.6) is 11.5 Å². The first-order valence-corrected chi connectivity index (χ1v) is 12.6. The van der Waals surface area contributed by atoms with E-state index in [2.05, 4.69) is 16.9 Å². The largest absolute Gasteiger partial charge is 0.495 e. The second kappa shape index (κ2) is 10.2. The number of morpholine rings is 1. The van der Waals surface area contributed by atoms with E-state index in [1.807, 2.05) is 30.3 Å². The smallest absolute Gasteiger partial charge is 0.416 e. The van der Waals surface area contributed by atoms with Crippen LogP contribution in [0.3, 0.4) is 0 Å². The summed E-state index contributed by atoms with van der Waals surface area (Å²) in [5.74, 6) is 0.484. The van der Waals surface area contributed by atoms with E-state index >= 15 is 0 Å². The maximum absolute atomic E-state index is 13.2. The topological polar surface area (TPSA) is 64.1 Å². The molecule has 202 valence electrons. The molecule has 1 saturated carbocycles. The molecular formula is C29H31F3N2O4. The number of nitrogens with zero attached hydrogens (tertiary/aromatic N) is 2. The lowest BCUT2D eigenvalue weighted by atomic mass is 9.71. The van der Waals surface area contributed by atoms with E-state index in [4.69, 9.17) is 14.2 Å². The predicted octanol–water partition coefficient (Wildman–Crippen LogP) is 5.11. The maximum atomic E-state index is 13.2. The molecule has 6 rings (SSSR count). The average molecular weight is 529 g/mol. The molecule has 1 saturated heterocycles. The summed E-state index contributed by atoms with van der Waals surface area (Å²) in [4.78, 5) is 6.41. The van der Waals surface area contributed by atoms with Crippen molar-refractivity contribution >= 4 is 0 Å². The number of alkyl halides is 3. The van der Waals surface area contributed by atoms with Crippen LogP contribution in [0.1, 0.15) is 41.0 Å². The molecule has 1 N–H and O–H groups in total. The molecule has 9 heteroatoms. The summed E-state index contributed by atoms with van der Waals surface area (Å²) in [6, 6.07) is 14.5. The van der Waals surface area contributed by atoms with E-state index in [1.54, 1.807) is 0 Å². The fourth-order valence-electron chi connectivity index (χ4n) is 5.88. The van der Waals surface area contributed by atoms with Gasteiger partial charge in [-0.2, -0.15) is 13.2 Å². The van der Waals surface area contributed by atoms with E-state index < -0.39 is 22.9 Å². The first-order valence-electron chi connectivity index (χ1n) is 12.6. The van der Waals surface area contributed by atoms with E-state index in [1.165, 1.54) is 31.6 Å². The Kier molecular flexibility index (Phi) is 7.11. The number of halogens is 3. The molecule has 6 nitrogen and oxygen atoms in total. The molecule has 0 radical (unpaired) electrons. The number of aromatic nitrogens is 1. The van der Waals surface area contributed by atoms with Crippen molar-refractivity contribution in [2.24, 2.45) is 0 Å². The first-order chi connectivity index (χ1) is 18.2. The quantitative estimate of drug-likeness (QED) is 0.510. The molecule has 2 fully saturated rings. The van der Waals surface area contributed by atoms with Gasteiger partial charge in [-0.15, -0.1) is 0 Å². The van der Waals surface area contributed by atoms with Crippen molar-refractivity contribution in [2.75, 3.05) is 40.5 Å². The highest BCUT2D eigenvalue weighted by atomic mass is 19.4. The molecule has 3 atom stereocenters. The third kappa shape index (κ3) is 4.42. The van der Waals surface area contributed by atoms with Gasteiger partial charge in [0, 0.05) is 19.0 Å². The zero-order valence-electron chi connectivity index (χ0n) is 21.4. The Morgan fingerprint density at radius 3 is 2.29 bits per heavy atom. The lowest BCUT2D eigenvalue weighted by Gasteiger charge is -2.40. The molecule has 3 aliphatic rings. The van der Waals surface area contributed by atoms with Crippen LogP contribution < -0.4 is 9.47 Å². The number of aliphatic hydroxyl groups is 1. The van der Waals surface area contributed by atoms with E-state index in [-0.39, 0.29) is 5.92 Å². The van der Waals surface area contributed by atoms with E-state index in [9.17, 15) is 18.3 Å². The Balaban J connectivity index is 0.000000366. The van der Waals surface area contributed by atoms with Gasteiger partial charge in [0.05, 0.1) is 43.8 Å². The number of fused-ring (bicyclic) bond motifs is 3. The number of hydrogen-bond donors (Lipinski definition) is 1. The molecule has 0 bridgehead atoms. The van der Waals surface area contributed by atoms with Crippen molar-refractivity contribution in [1.29, 1.82) is 0 Å². The highest BCUT2D eigenvalue weighted by Gasteiger charge is 2.69. The minimum Gasteiger partial charge on any atom is -0.495 e. The number of hydrogen-bond acceptors (Lipinski definition) is 6. The maximum Gasteiger partial charge on any atom is 0.416 e. The summed E-state index contributed by atoms with van der Waals surface area (Å²) < 4.78 is 56.6. The molecule has 0 spiro atoms. The minimum atomic E-state index is -4.45. The van der Waals surface area contributed by atoms with Crippen LogP contribution in [-0.2, 0) is 22.1 Å². The van der Waals surface area contributed by atoms with E-state index in [0.717, 1.165) is 44.0 Å². The van der Waals surface area contributed by atoms with Gasteiger partial charge < -0.3 is 24.2 Å². The Bertz CT molecular complexity index is 1250. The van der Waals surface area contributed by atoms with Crippen LogP contribution >= 0.6 is 0 Å². The minimum absolute atomic E-state index is 0.285. The SMILES string of the molecule is CN1CCOCC1.COc1cncc2c1C1(O)CCC(c3ccccc3)C1(c1ccc(C(F)(F)F)cc1)O2. The number of rotatable bonds is 3. The second-order valence-electron chi connectivity index (χ2n) is 9.91. The normalized spacial score (nSPS) is 26.5. The monoisotopic (exact) mass is 528 g/mol. The lowest BCUT2D eigenvalue weighted by molar-refractivity contribution is -0.137. The first kappa shape index (κ1) is 26.5. The van der Waals surface area contributed by atoms with Crippen LogP contribution in [0, 0.1) is 0 Å². The average Bonchev–Trinajstić information content (AvgIpc) is 3.36. The molecule has 3 heterocycles. The molecule has 3 unspecified atom stereocenters. The molecule has 1 aliphatic carbocycles. The summed E-state index contributed by atoms with van der Waals surface area (Å²) in [6.07, 6.45) is -0.470. The van der Waals surface area contributed by atoms with Crippen molar-refractivity contribution in [3.8, 4) is 11.5 Å². The van der Waals surface area contributed by atoms with Gasteiger partial charge in [-0.3, -0.25) is 4.98 Å². The third-order valence-corrected chi connectivity index (χ3v) is 7.76. The lowest BCUT2D eigenvalue weighted by Crippen LogP contribution is -2.48. The summed E-state index contributed by atoms with van der Waals surface area (Å²) in [7, 11) is 3.60. The van der Waals surface area contributed by atoms with Crippen LogP contribution in [0.25, 0.3) is 0 Å². The number of pyridine rings is 1. The van der Waals surface area contributed by atoms with Gasteiger partial charge in [-0.25, -0.2) is 0 Å². The fraction of sp³-hybridized carbons (Fsp3) is 0.414. The van der Waals surface area contributed by atoms with Crippen molar-refractivity contribution < 1.29 is 32.5 Å². The fourth-order valence-corrected chi connectivity index (χ4v) is 5.88. The highest BCUT2D eigenvalue weighted by Crippen LogP contribution is 2.67.